The van der Waals surface area contributed by atoms with Crippen LogP contribution in [0.25, 0.3) is 0 Å². The number of nitrogens with one attached hydrogen (secondary N) is 1. The van der Waals surface area contributed by atoms with Crippen molar-refractivity contribution in [2.24, 2.45) is 5.92 Å². The van der Waals surface area contributed by atoms with Gasteiger partial charge < -0.3 is 24.6 Å². The van der Waals surface area contributed by atoms with Gasteiger partial charge >= 0.3 is 12.5 Å². The normalized spacial score (nSPS) is 16.6. The fourth-order valence-corrected chi connectivity index (χ4v) is 6.62. The summed E-state index contributed by atoms with van der Waals surface area (Å²) in [4.78, 5) is 27.1. The Bertz CT molecular complexity index is 1620. The van der Waals surface area contributed by atoms with Gasteiger partial charge in [0.1, 0.15) is 11.5 Å². The van der Waals surface area contributed by atoms with Crippen LogP contribution in [0.5, 0.6) is 11.5 Å². The smallest absolute Gasteiger partial charge is 0.497 e. The van der Waals surface area contributed by atoms with Crippen LogP contribution >= 0.6 is 0 Å². The highest BCUT2D eigenvalue weighted by atomic mass is 32.2. The number of aliphatic hydroxyl groups excluding tert-OH is 1. The Kier molecular flexibility index (Phi) is 11.4. The summed E-state index contributed by atoms with van der Waals surface area (Å²) in [6.07, 6.45) is -8.60. The fourth-order valence-electron chi connectivity index (χ4n) is 5.00. The molecule has 3 atom stereocenters. The van der Waals surface area contributed by atoms with Gasteiger partial charge in [-0.3, -0.25) is 9.69 Å². The molecule has 47 heavy (non-hydrogen) atoms. The number of nitrogens with zero attached hydrogens (tertiary/aromatic N) is 2. The van der Waals surface area contributed by atoms with Gasteiger partial charge in [-0.25, -0.2) is 13.2 Å². The van der Waals surface area contributed by atoms with E-state index in [0.29, 0.717) is 5.75 Å². The minimum Gasteiger partial charge on any atom is -0.497 e. The van der Waals surface area contributed by atoms with E-state index in [4.69, 9.17) is 9.47 Å². The van der Waals surface area contributed by atoms with Crippen molar-refractivity contribution >= 4 is 27.7 Å². The van der Waals surface area contributed by atoms with Gasteiger partial charge in [0.15, 0.2) is 6.10 Å². The van der Waals surface area contributed by atoms with E-state index in [1.165, 1.54) is 43.5 Å². The number of cyclic esters (lactones) is 1. The molecule has 1 saturated heterocycles. The molecule has 2 N–H and O–H groups in total. The molecule has 0 aromatic heterocycles. The first-order valence-corrected chi connectivity index (χ1v) is 16.1. The van der Waals surface area contributed by atoms with Crippen molar-refractivity contribution in [2.45, 2.75) is 49.8 Å². The number of ether oxygens (including phenoxy) is 3. The van der Waals surface area contributed by atoms with Crippen molar-refractivity contribution in [1.82, 2.24) is 9.62 Å². The zero-order valence-electron chi connectivity index (χ0n) is 25.9. The van der Waals surface area contributed by atoms with Gasteiger partial charge in [0.25, 0.3) is 5.91 Å². The molecule has 0 aliphatic carbocycles. The van der Waals surface area contributed by atoms with Gasteiger partial charge in [-0.2, -0.15) is 4.31 Å². The van der Waals surface area contributed by atoms with E-state index in [1.54, 1.807) is 30.3 Å². The molecule has 2 amide bonds. The average molecular weight is 680 g/mol. The van der Waals surface area contributed by atoms with E-state index in [9.17, 15) is 36.3 Å². The van der Waals surface area contributed by atoms with Crippen molar-refractivity contribution in [3.63, 3.8) is 0 Å². The van der Waals surface area contributed by atoms with Gasteiger partial charge in [-0.15, -0.1) is 13.2 Å². The molecule has 1 aliphatic heterocycles. The van der Waals surface area contributed by atoms with Crippen LogP contribution in [0.4, 0.5) is 23.7 Å². The largest absolute Gasteiger partial charge is 0.573 e. The third-order valence-corrected chi connectivity index (χ3v) is 9.06. The highest BCUT2D eigenvalue weighted by molar-refractivity contribution is 7.89. The van der Waals surface area contributed by atoms with E-state index in [0.717, 1.165) is 26.9 Å². The van der Waals surface area contributed by atoms with Crippen LogP contribution in [0.3, 0.4) is 0 Å². The van der Waals surface area contributed by atoms with E-state index in [-0.39, 0.29) is 42.6 Å². The first-order chi connectivity index (χ1) is 22.2. The van der Waals surface area contributed by atoms with Crippen LogP contribution in [0.1, 0.15) is 19.4 Å². The van der Waals surface area contributed by atoms with Crippen molar-refractivity contribution in [2.75, 3.05) is 31.6 Å². The topological polar surface area (TPSA) is 135 Å². The average Bonchev–Trinajstić information content (AvgIpc) is 3.41. The van der Waals surface area contributed by atoms with Crippen molar-refractivity contribution < 1.29 is 50.5 Å². The predicted octanol–water partition coefficient (Wildman–Crippen LogP) is 4.35. The summed E-state index contributed by atoms with van der Waals surface area (Å²) in [7, 11) is -2.62. The van der Waals surface area contributed by atoms with E-state index < -0.39 is 52.4 Å². The van der Waals surface area contributed by atoms with E-state index in [2.05, 4.69) is 10.1 Å². The number of anilines is 1. The van der Waals surface area contributed by atoms with Gasteiger partial charge in [-0.1, -0.05) is 50.2 Å². The molecule has 0 radical (unpaired) electrons. The molecule has 11 nitrogen and oxygen atoms in total. The van der Waals surface area contributed by atoms with Crippen LogP contribution in [-0.2, 0) is 26.0 Å². The Morgan fingerprint density at radius 2 is 1.72 bits per heavy atom. The quantitative estimate of drug-likeness (QED) is 0.257. The number of aliphatic hydroxyl groups is 1. The number of sulfonamides is 1. The lowest BCUT2D eigenvalue weighted by Gasteiger charge is -2.31. The van der Waals surface area contributed by atoms with Crippen molar-refractivity contribution in [1.29, 1.82) is 0 Å². The van der Waals surface area contributed by atoms with Crippen LogP contribution in [0.15, 0.2) is 83.8 Å². The van der Waals surface area contributed by atoms with Crippen LogP contribution in [0, 0.1) is 5.92 Å². The molecule has 1 aliphatic rings. The first-order valence-electron chi connectivity index (χ1n) is 14.7. The molecular weight excluding hydrogens is 643 g/mol. The summed E-state index contributed by atoms with van der Waals surface area (Å²) < 4.78 is 81.0. The van der Waals surface area contributed by atoms with Gasteiger partial charge in [0, 0.05) is 19.2 Å². The molecule has 3 aromatic rings. The standard InChI is InChI=1S/C32H36F3N3O8S/c1-21(2)18-37(47(42,43)26-14-12-24(44-3)13-15-26)19-28(39)27(16-22-8-5-4-6-9-22)36-30(40)29-20-38(31(41)45-29)23-10-7-11-25(17-23)46-32(33,34)35/h4-15,17,21,27-29,39H,16,18-20H2,1-3H3,(H,36,40)/t27-,28+,29-/m0/s1. The lowest BCUT2D eigenvalue weighted by molar-refractivity contribution is -0.274. The summed E-state index contributed by atoms with van der Waals surface area (Å²) >= 11 is 0. The Hall–Kier alpha value is -4.34. The Morgan fingerprint density at radius 3 is 2.34 bits per heavy atom. The number of halogens is 3. The molecule has 0 saturated carbocycles. The summed E-state index contributed by atoms with van der Waals surface area (Å²) in [6.45, 7) is 3.03. The van der Waals surface area contributed by atoms with Crippen LogP contribution in [0.2, 0.25) is 0 Å². The number of hydrogen-bond donors (Lipinski definition) is 2. The number of alkyl halides is 3. The second-order valence-electron chi connectivity index (χ2n) is 11.3. The number of carbonyl (C=O) groups excluding carboxylic acids is 2. The summed E-state index contributed by atoms with van der Waals surface area (Å²) in [5.41, 5.74) is 0.748. The van der Waals surface area contributed by atoms with Gasteiger partial charge in [0.05, 0.1) is 36.4 Å². The number of carbonyl (C=O) groups is 2. The maximum Gasteiger partial charge on any atom is 0.573 e. The molecule has 1 heterocycles. The molecule has 0 spiro atoms. The molecule has 0 bridgehead atoms. The molecular formula is C32H36F3N3O8S. The minimum atomic E-state index is -4.94. The zero-order chi connectivity index (χ0) is 34.4. The number of amides is 2. The third-order valence-electron chi connectivity index (χ3n) is 7.21. The maximum atomic E-state index is 13.7. The first kappa shape index (κ1) is 35.5. The summed E-state index contributed by atoms with van der Waals surface area (Å²) in [6, 6.07) is 18.4. The summed E-state index contributed by atoms with van der Waals surface area (Å²) in [5.74, 6) is -0.978. The minimum absolute atomic E-state index is 0.00235. The number of methoxy groups -OCH3 is 1. The molecule has 15 heteroatoms. The lowest BCUT2D eigenvalue weighted by atomic mass is 10.0. The Balaban J connectivity index is 1.54. The fraction of sp³-hybridized carbons (Fsp3) is 0.375. The van der Waals surface area contributed by atoms with Crippen LogP contribution < -0.4 is 19.7 Å². The lowest BCUT2D eigenvalue weighted by Crippen LogP contribution is -2.53. The zero-order valence-corrected chi connectivity index (χ0v) is 26.7. The Labute approximate surface area is 270 Å². The highest BCUT2D eigenvalue weighted by Gasteiger charge is 2.40. The number of hydrogen-bond acceptors (Lipinski definition) is 8. The van der Waals surface area contributed by atoms with Crippen molar-refractivity contribution in [3.05, 3.63) is 84.4 Å². The van der Waals surface area contributed by atoms with Gasteiger partial charge in [0.2, 0.25) is 10.0 Å². The van der Waals surface area contributed by atoms with E-state index >= 15 is 0 Å². The Morgan fingerprint density at radius 1 is 1.04 bits per heavy atom. The second-order valence-corrected chi connectivity index (χ2v) is 13.2. The molecule has 3 aromatic carbocycles. The molecule has 1 fully saturated rings. The van der Waals surface area contributed by atoms with Gasteiger partial charge in [-0.05, 0) is 54.3 Å². The number of benzene rings is 3. The van der Waals surface area contributed by atoms with E-state index in [1.807, 2.05) is 13.8 Å². The highest BCUT2D eigenvalue weighted by Crippen LogP contribution is 2.29. The monoisotopic (exact) mass is 679 g/mol. The maximum absolute atomic E-state index is 13.7. The molecule has 254 valence electrons. The second kappa shape index (κ2) is 15.0. The predicted molar refractivity (Wildman–Crippen MR) is 165 cm³/mol. The SMILES string of the molecule is COc1ccc(S(=O)(=O)N(CC(C)C)C[C@@H](O)[C@H](Cc2ccccc2)NC(=O)[C@@H]2CN(c3cccc(OC(F)(F)F)c3)C(=O)O2)cc1. The van der Waals surface area contributed by atoms with Crippen molar-refractivity contribution in [3.8, 4) is 11.5 Å². The molecule has 0 unspecified atom stereocenters. The number of rotatable bonds is 14. The van der Waals surface area contributed by atoms with Crippen LogP contribution in [-0.4, -0.2) is 81.2 Å². The third kappa shape index (κ3) is 9.59. The summed E-state index contributed by atoms with van der Waals surface area (Å²) in [5, 5.41) is 14.2. The molecule has 4 rings (SSSR count).